The lowest BCUT2D eigenvalue weighted by Gasteiger charge is -1.76. The van der Waals surface area contributed by atoms with Gasteiger partial charge in [0.1, 0.15) is 0 Å². The van der Waals surface area contributed by atoms with Gasteiger partial charge >= 0.3 is 5.97 Å². The molecule has 1 heterocycles. The number of cyclic esters (lactones) is 1. The minimum atomic E-state index is -0.0261. The van der Waals surface area contributed by atoms with Crippen LogP contribution in [-0.2, 0) is 9.53 Å². The second kappa shape index (κ2) is 4.29. The van der Waals surface area contributed by atoms with E-state index in [1.807, 2.05) is 6.92 Å². The van der Waals surface area contributed by atoms with Crippen LogP contribution in [0.25, 0.3) is 0 Å². The third-order valence-electron chi connectivity index (χ3n) is 1.01. The Morgan fingerprint density at radius 3 is 2.33 bits per heavy atom. The molecular weight excluding hydrogens is 122 g/mol. The molecule has 1 atom stereocenters. The highest BCUT2D eigenvalue weighted by atomic mass is 16.6. The number of rotatable bonds is 2. The summed E-state index contributed by atoms with van der Waals surface area (Å²) < 4.78 is 4.52. The largest absolute Gasteiger partial charge is 0.448 e. The van der Waals surface area contributed by atoms with Crippen molar-refractivity contribution >= 4 is 5.97 Å². The second-order valence-corrected chi connectivity index (χ2v) is 1.71. The molecule has 1 aliphatic rings. The summed E-state index contributed by atoms with van der Waals surface area (Å²) in [6, 6.07) is 0. The molecule has 1 aliphatic heterocycles. The quantitative estimate of drug-likeness (QED) is 0.412. The first-order chi connectivity index (χ1) is 4.34. The van der Waals surface area contributed by atoms with E-state index in [0.717, 1.165) is 12.8 Å². The third kappa shape index (κ3) is 3.05. The molecule has 4 nitrogen and oxygen atoms in total. The Kier molecular flexibility index (Phi) is 4.00. The lowest BCUT2D eigenvalue weighted by Crippen LogP contribution is -1.82. The molecular formula is C5H11NO3. The Morgan fingerprint density at radius 2 is 2.22 bits per heavy atom. The van der Waals surface area contributed by atoms with Crippen LogP contribution in [0.2, 0.25) is 0 Å². The molecule has 1 saturated heterocycles. The Hall–Kier alpha value is -0.610. The third-order valence-corrected chi connectivity index (χ3v) is 1.01. The van der Waals surface area contributed by atoms with Gasteiger partial charge in [-0.3, -0.25) is 0 Å². The van der Waals surface area contributed by atoms with E-state index >= 15 is 0 Å². The zero-order valence-corrected chi connectivity index (χ0v) is 5.33. The summed E-state index contributed by atoms with van der Waals surface area (Å²) in [6.45, 7) is 2.04. The van der Waals surface area contributed by atoms with Crippen molar-refractivity contribution in [1.29, 1.82) is 0 Å². The average Bonchev–Trinajstić information content (AvgIpc) is 2.54. The summed E-state index contributed by atoms with van der Waals surface area (Å²) in [7, 11) is 0. The molecule has 0 amide bonds. The van der Waals surface area contributed by atoms with Crippen LogP contribution in [0, 0.1) is 0 Å². The van der Waals surface area contributed by atoms with Gasteiger partial charge in [-0.1, -0.05) is 13.3 Å². The van der Waals surface area contributed by atoms with Crippen LogP contribution in [-0.4, -0.2) is 17.3 Å². The Labute approximate surface area is 53.6 Å². The van der Waals surface area contributed by atoms with Crippen LogP contribution in [0.15, 0.2) is 0 Å². The van der Waals surface area contributed by atoms with E-state index in [2.05, 4.69) is 10.6 Å². The van der Waals surface area contributed by atoms with E-state index in [1.165, 1.54) is 0 Å². The molecule has 0 radical (unpaired) electrons. The summed E-state index contributed by atoms with van der Waals surface area (Å²) in [5.74, 6) is 3.47. The molecule has 3 N–H and O–H groups in total. The number of carbonyl (C=O) groups is 1. The summed E-state index contributed by atoms with van der Waals surface area (Å²) in [4.78, 5) is 10.1. The average molecular weight is 133 g/mol. The number of hydrogen-bond acceptors (Lipinski definition) is 4. The van der Waals surface area contributed by atoms with Crippen molar-refractivity contribution in [2.75, 3.05) is 0 Å². The first kappa shape index (κ1) is 8.39. The van der Waals surface area contributed by atoms with Gasteiger partial charge in [-0.2, -0.15) is 0 Å². The van der Waals surface area contributed by atoms with Gasteiger partial charge in [-0.25, -0.2) is 10.7 Å². The number of ether oxygens (including phenoxy) is 1. The molecule has 0 spiro atoms. The van der Waals surface area contributed by atoms with E-state index in [0.29, 0.717) is 0 Å². The topological polar surface area (TPSA) is 75.9 Å². The van der Waals surface area contributed by atoms with E-state index in [9.17, 15) is 4.79 Å². The Balaban J connectivity index is 0.000000291. The minimum Gasteiger partial charge on any atom is -0.448 e. The highest BCUT2D eigenvalue weighted by Crippen LogP contribution is 2.16. The van der Waals surface area contributed by atoms with Crippen LogP contribution in [0.4, 0.5) is 0 Å². The fraction of sp³-hybridized carbons (Fsp3) is 0.800. The lowest BCUT2D eigenvalue weighted by atomic mass is 10.3. The predicted molar refractivity (Wildman–Crippen MR) is 30.8 cm³/mol. The molecule has 4 heteroatoms. The number of nitrogens with two attached hydrogens (primary N) is 1. The molecule has 9 heavy (non-hydrogen) atoms. The van der Waals surface area contributed by atoms with Gasteiger partial charge in [-0.05, 0) is 6.42 Å². The van der Waals surface area contributed by atoms with Crippen LogP contribution in [0.3, 0.4) is 0 Å². The molecule has 0 aromatic carbocycles. The van der Waals surface area contributed by atoms with Gasteiger partial charge in [0.15, 0.2) is 6.10 Å². The fourth-order valence-corrected chi connectivity index (χ4v) is 0.545. The van der Waals surface area contributed by atoms with Crippen LogP contribution in [0.1, 0.15) is 19.8 Å². The summed E-state index contributed by atoms with van der Waals surface area (Å²) in [5, 5.41) is 6.50. The summed E-state index contributed by atoms with van der Waals surface area (Å²) >= 11 is 0. The zero-order chi connectivity index (χ0) is 7.28. The van der Waals surface area contributed by atoms with Crippen molar-refractivity contribution < 1.29 is 14.7 Å². The van der Waals surface area contributed by atoms with E-state index in [1.54, 1.807) is 0 Å². The fourth-order valence-electron chi connectivity index (χ4n) is 0.545. The highest BCUT2D eigenvalue weighted by molar-refractivity contribution is 5.87. The van der Waals surface area contributed by atoms with E-state index < -0.39 is 0 Å². The monoisotopic (exact) mass is 133 g/mol. The molecule has 1 unspecified atom stereocenters. The van der Waals surface area contributed by atoms with Crippen LogP contribution >= 0.6 is 0 Å². The first-order valence-corrected chi connectivity index (χ1v) is 2.81. The van der Waals surface area contributed by atoms with Crippen molar-refractivity contribution in [2.24, 2.45) is 5.90 Å². The van der Waals surface area contributed by atoms with Crippen molar-refractivity contribution in [3.8, 4) is 0 Å². The van der Waals surface area contributed by atoms with Crippen molar-refractivity contribution in [1.82, 2.24) is 0 Å². The summed E-state index contributed by atoms with van der Waals surface area (Å²) in [6.07, 6.45) is 1.92. The van der Waals surface area contributed by atoms with Crippen molar-refractivity contribution in [2.45, 2.75) is 25.9 Å². The SMILES string of the molecule is CCCC1OC1=O.NO. The minimum absolute atomic E-state index is 0.0231. The lowest BCUT2D eigenvalue weighted by molar-refractivity contribution is -0.117. The molecule has 54 valence electrons. The van der Waals surface area contributed by atoms with Gasteiger partial charge < -0.3 is 9.94 Å². The van der Waals surface area contributed by atoms with Gasteiger partial charge in [0.05, 0.1) is 0 Å². The molecule has 0 aromatic heterocycles. The van der Waals surface area contributed by atoms with E-state index in [4.69, 9.17) is 5.21 Å². The first-order valence-electron chi connectivity index (χ1n) is 2.81. The van der Waals surface area contributed by atoms with Gasteiger partial charge in [0.2, 0.25) is 0 Å². The predicted octanol–water partition coefficient (Wildman–Crippen LogP) is 0.0462. The maximum absolute atomic E-state index is 10.1. The normalized spacial score (nSPS) is 21.7. The van der Waals surface area contributed by atoms with E-state index in [-0.39, 0.29) is 12.1 Å². The van der Waals surface area contributed by atoms with Crippen LogP contribution in [0.5, 0.6) is 0 Å². The number of carbonyl (C=O) groups excluding carboxylic acids is 1. The number of hydrogen-bond donors (Lipinski definition) is 2. The molecule has 1 rings (SSSR count). The van der Waals surface area contributed by atoms with Crippen molar-refractivity contribution in [3.05, 3.63) is 0 Å². The smallest absolute Gasteiger partial charge is 0.348 e. The maximum Gasteiger partial charge on any atom is 0.348 e. The molecule has 1 fully saturated rings. The van der Waals surface area contributed by atoms with Gasteiger partial charge in [-0.15, -0.1) is 0 Å². The Morgan fingerprint density at radius 1 is 1.78 bits per heavy atom. The highest BCUT2D eigenvalue weighted by Gasteiger charge is 2.36. The number of epoxide rings is 1. The second-order valence-electron chi connectivity index (χ2n) is 1.71. The van der Waals surface area contributed by atoms with Crippen molar-refractivity contribution in [3.63, 3.8) is 0 Å². The zero-order valence-electron chi connectivity index (χ0n) is 5.33. The van der Waals surface area contributed by atoms with Crippen LogP contribution < -0.4 is 5.90 Å². The van der Waals surface area contributed by atoms with Gasteiger partial charge in [0, 0.05) is 0 Å². The summed E-state index contributed by atoms with van der Waals surface area (Å²) in [5.41, 5.74) is 0. The van der Waals surface area contributed by atoms with Gasteiger partial charge in [0.25, 0.3) is 0 Å². The molecule has 0 aromatic rings. The maximum atomic E-state index is 10.1. The Bertz CT molecular complexity index is 94.2. The molecule has 0 aliphatic carbocycles. The standard InChI is InChI=1S/C5H8O2.H3NO/c1-2-3-4-5(6)7-4;1-2/h4H,2-3H2,1H3;2H,1H2. The molecule has 0 saturated carbocycles. The molecule has 0 bridgehead atoms.